The zero-order valence-electron chi connectivity index (χ0n) is 11.3. The summed E-state index contributed by atoms with van der Waals surface area (Å²) in [6.45, 7) is 6.50. The molecule has 1 saturated heterocycles. The summed E-state index contributed by atoms with van der Waals surface area (Å²) >= 11 is 0. The highest BCUT2D eigenvalue weighted by atomic mass is 16.5. The third-order valence-corrected chi connectivity index (χ3v) is 3.73. The smallest absolute Gasteiger partial charge is 0.274 e. The van der Waals surface area contributed by atoms with Gasteiger partial charge in [-0.25, -0.2) is 0 Å². The Morgan fingerprint density at radius 2 is 2.11 bits per heavy atom. The van der Waals surface area contributed by atoms with E-state index in [2.05, 4.69) is 10.2 Å². The number of aromatic amines is 1. The van der Waals surface area contributed by atoms with Crippen molar-refractivity contribution in [2.75, 3.05) is 26.3 Å². The monoisotopic (exact) mass is 265 g/mol. The topological polar surface area (TPSA) is 67.5 Å². The maximum absolute atomic E-state index is 12.5. The van der Waals surface area contributed by atoms with Gasteiger partial charge in [0.25, 0.3) is 5.91 Å². The van der Waals surface area contributed by atoms with Gasteiger partial charge < -0.3 is 14.4 Å². The first-order chi connectivity index (χ1) is 9.16. The molecule has 3 rings (SSSR count). The van der Waals surface area contributed by atoms with Gasteiger partial charge in [-0.15, -0.1) is 0 Å². The Morgan fingerprint density at radius 1 is 1.37 bits per heavy atom. The van der Waals surface area contributed by atoms with Gasteiger partial charge in [0, 0.05) is 25.1 Å². The number of carbonyl (C=O) groups is 1. The summed E-state index contributed by atoms with van der Waals surface area (Å²) in [7, 11) is 0. The molecule has 3 heterocycles. The molecule has 0 spiro atoms. The van der Waals surface area contributed by atoms with Crippen LogP contribution in [0.2, 0.25) is 0 Å². The van der Waals surface area contributed by atoms with Crippen molar-refractivity contribution >= 4 is 5.91 Å². The molecule has 0 saturated carbocycles. The number of nitrogens with zero attached hydrogens (tertiary/aromatic N) is 2. The molecule has 1 aromatic heterocycles. The van der Waals surface area contributed by atoms with Gasteiger partial charge in [-0.1, -0.05) is 0 Å². The van der Waals surface area contributed by atoms with Crippen molar-refractivity contribution in [3.63, 3.8) is 0 Å². The number of ether oxygens (including phenoxy) is 2. The fraction of sp³-hybridized carbons (Fsp3) is 0.692. The molecule has 6 heteroatoms. The highest BCUT2D eigenvalue weighted by Crippen LogP contribution is 2.30. The average Bonchev–Trinajstić information content (AvgIpc) is 2.83. The number of morpholine rings is 1. The molecule has 0 bridgehead atoms. The molecule has 1 fully saturated rings. The summed E-state index contributed by atoms with van der Waals surface area (Å²) in [6.07, 6.45) is 0.829. The van der Waals surface area contributed by atoms with Crippen LogP contribution in [0.4, 0.5) is 0 Å². The quantitative estimate of drug-likeness (QED) is 0.819. The van der Waals surface area contributed by atoms with Crippen LogP contribution in [0.5, 0.6) is 0 Å². The van der Waals surface area contributed by atoms with Crippen molar-refractivity contribution in [3.05, 3.63) is 17.0 Å². The second kappa shape index (κ2) is 4.94. The van der Waals surface area contributed by atoms with E-state index in [0.717, 1.165) is 17.7 Å². The van der Waals surface area contributed by atoms with Crippen LogP contribution in [0.1, 0.15) is 41.7 Å². The van der Waals surface area contributed by atoms with E-state index in [-0.39, 0.29) is 18.1 Å². The molecular weight excluding hydrogens is 246 g/mol. The normalized spacial score (nSPS) is 27.2. The SMILES string of the molecule is C[C@@H]1Cc2c(C(=O)N3CCOCC3)n[nH]c2[C@H](C)O1. The zero-order chi connectivity index (χ0) is 13.4. The molecule has 1 aromatic rings. The first kappa shape index (κ1) is 12.6. The fourth-order valence-corrected chi connectivity index (χ4v) is 2.77. The molecule has 104 valence electrons. The number of rotatable bonds is 1. The minimum absolute atomic E-state index is 0.00194. The van der Waals surface area contributed by atoms with E-state index in [1.165, 1.54) is 0 Å². The Labute approximate surface area is 112 Å². The minimum Gasteiger partial charge on any atom is -0.378 e. The van der Waals surface area contributed by atoms with Crippen molar-refractivity contribution in [2.24, 2.45) is 0 Å². The Balaban J connectivity index is 1.87. The van der Waals surface area contributed by atoms with E-state index in [1.54, 1.807) is 0 Å². The predicted octanol–water partition coefficient (Wildman–Crippen LogP) is 0.904. The van der Waals surface area contributed by atoms with Crippen molar-refractivity contribution in [1.82, 2.24) is 15.1 Å². The van der Waals surface area contributed by atoms with Gasteiger partial charge in [-0.3, -0.25) is 9.89 Å². The molecule has 19 heavy (non-hydrogen) atoms. The van der Waals surface area contributed by atoms with Crippen molar-refractivity contribution in [1.29, 1.82) is 0 Å². The average molecular weight is 265 g/mol. The molecule has 0 unspecified atom stereocenters. The first-order valence-electron chi connectivity index (χ1n) is 6.76. The number of hydrogen-bond acceptors (Lipinski definition) is 4. The summed E-state index contributed by atoms with van der Waals surface area (Å²) < 4.78 is 11.0. The third kappa shape index (κ3) is 2.26. The van der Waals surface area contributed by atoms with Gasteiger partial charge in [0.15, 0.2) is 5.69 Å². The number of hydrogen-bond donors (Lipinski definition) is 1. The second-order valence-electron chi connectivity index (χ2n) is 5.16. The second-order valence-corrected chi connectivity index (χ2v) is 5.16. The number of amides is 1. The van der Waals surface area contributed by atoms with Gasteiger partial charge in [-0.2, -0.15) is 5.10 Å². The summed E-state index contributed by atoms with van der Waals surface area (Å²) in [5, 5.41) is 7.18. The standard InChI is InChI=1S/C13H19N3O3/c1-8-7-10-11(9(2)19-8)14-15-12(10)13(17)16-3-5-18-6-4-16/h8-9H,3-7H2,1-2H3,(H,14,15)/t8-,9+/m1/s1. The van der Waals surface area contributed by atoms with Crippen molar-refractivity contribution in [2.45, 2.75) is 32.5 Å². The molecule has 0 aromatic carbocycles. The highest BCUT2D eigenvalue weighted by Gasteiger charge is 2.31. The van der Waals surface area contributed by atoms with E-state index < -0.39 is 0 Å². The van der Waals surface area contributed by atoms with Crippen molar-refractivity contribution < 1.29 is 14.3 Å². The Morgan fingerprint density at radius 3 is 2.84 bits per heavy atom. The highest BCUT2D eigenvalue weighted by molar-refractivity contribution is 5.94. The Bertz CT molecular complexity index is 479. The summed E-state index contributed by atoms with van der Waals surface area (Å²) in [4.78, 5) is 14.3. The molecule has 1 amide bonds. The number of carbonyl (C=O) groups excluding carboxylic acids is 1. The van der Waals surface area contributed by atoms with Gasteiger partial charge in [0.1, 0.15) is 0 Å². The molecular formula is C13H19N3O3. The Kier molecular flexibility index (Phi) is 3.28. The first-order valence-corrected chi connectivity index (χ1v) is 6.76. The van der Waals surface area contributed by atoms with Crippen LogP contribution in [0, 0.1) is 0 Å². The van der Waals surface area contributed by atoms with Crippen LogP contribution in [0.15, 0.2) is 0 Å². The minimum atomic E-state index is -0.0301. The van der Waals surface area contributed by atoms with E-state index in [0.29, 0.717) is 32.0 Å². The third-order valence-electron chi connectivity index (χ3n) is 3.73. The molecule has 0 radical (unpaired) electrons. The largest absolute Gasteiger partial charge is 0.378 e. The molecule has 6 nitrogen and oxygen atoms in total. The van der Waals surface area contributed by atoms with E-state index in [9.17, 15) is 4.79 Å². The van der Waals surface area contributed by atoms with E-state index in [4.69, 9.17) is 9.47 Å². The molecule has 2 atom stereocenters. The van der Waals surface area contributed by atoms with Gasteiger partial charge in [-0.05, 0) is 13.8 Å². The molecule has 2 aliphatic heterocycles. The Hall–Kier alpha value is -1.40. The van der Waals surface area contributed by atoms with Gasteiger partial charge in [0.05, 0.1) is 31.1 Å². The molecule has 2 aliphatic rings. The fourth-order valence-electron chi connectivity index (χ4n) is 2.77. The van der Waals surface area contributed by atoms with Crippen LogP contribution >= 0.6 is 0 Å². The van der Waals surface area contributed by atoms with Gasteiger partial charge in [0.2, 0.25) is 0 Å². The molecule has 1 N–H and O–H groups in total. The number of H-pyrrole nitrogens is 1. The van der Waals surface area contributed by atoms with Crippen LogP contribution in [-0.2, 0) is 15.9 Å². The summed E-state index contributed by atoms with van der Waals surface area (Å²) in [5.41, 5.74) is 2.51. The van der Waals surface area contributed by atoms with Crippen LogP contribution in [0.3, 0.4) is 0 Å². The lowest BCUT2D eigenvalue weighted by Crippen LogP contribution is -2.41. The number of nitrogens with one attached hydrogen (secondary N) is 1. The lowest BCUT2D eigenvalue weighted by molar-refractivity contribution is -0.00713. The maximum atomic E-state index is 12.5. The lowest BCUT2D eigenvalue weighted by atomic mass is 9.99. The van der Waals surface area contributed by atoms with Crippen LogP contribution < -0.4 is 0 Å². The van der Waals surface area contributed by atoms with Gasteiger partial charge >= 0.3 is 0 Å². The molecule has 0 aliphatic carbocycles. The lowest BCUT2D eigenvalue weighted by Gasteiger charge is -2.28. The zero-order valence-corrected chi connectivity index (χ0v) is 11.3. The number of aromatic nitrogens is 2. The predicted molar refractivity (Wildman–Crippen MR) is 68.0 cm³/mol. The van der Waals surface area contributed by atoms with E-state index in [1.807, 2.05) is 18.7 Å². The number of fused-ring (bicyclic) bond motifs is 1. The maximum Gasteiger partial charge on any atom is 0.274 e. The summed E-state index contributed by atoms with van der Waals surface area (Å²) in [6, 6.07) is 0. The van der Waals surface area contributed by atoms with E-state index >= 15 is 0 Å². The van der Waals surface area contributed by atoms with Crippen LogP contribution in [-0.4, -0.2) is 53.4 Å². The summed E-state index contributed by atoms with van der Waals surface area (Å²) in [5.74, 6) is 0.00194. The van der Waals surface area contributed by atoms with Crippen LogP contribution in [0.25, 0.3) is 0 Å². The van der Waals surface area contributed by atoms with Crippen molar-refractivity contribution in [3.8, 4) is 0 Å².